The van der Waals surface area contributed by atoms with Gasteiger partial charge in [0.1, 0.15) is 11.4 Å². The van der Waals surface area contributed by atoms with Gasteiger partial charge in [-0.25, -0.2) is 4.68 Å². The molecule has 1 heterocycles. The van der Waals surface area contributed by atoms with E-state index < -0.39 is 0 Å². The minimum absolute atomic E-state index is 0.196. The van der Waals surface area contributed by atoms with Crippen LogP contribution in [-0.2, 0) is 13.6 Å². The molecule has 1 aromatic carbocycles. The van der Waals surface area contributed by atoms with Gasteiger partial charge in [0, 0.05) is 25.2 Å². The number of carbonyl (C=O) groups excluding carboxylic acids is 1. The standard InChI is InChI=1S/C14H15N3O3/c1-17-13(18)8-7-11(16-17)14(19)15-9-10-5-3-4-6-12(10)20-2/h3-8H,9H2,1-2H3,(H,15,19). The van der Waals surface area contributed by atoms with Crippen LogP contribution in [-0.4, -0.2) is 22.8 Å². The van der Waals surface area contributed by atoms with Crippen molar-refractivity contribution in [1.29, 1.82) is 0 Å². The third-order valence-corrected chi connectivity index (χ3v) is 2.83. The molecule has 0 fully saturated rings. The molecule has 1 N–H and O–H groups in total. The fourth-order valence-electron chi connectivity index (χ4n) is 1.74. The number of methoxy groups -OCH3 is 1. The largest absolute Gasteiger partial charge is 0.496 e. The number of carbonyl (C=O) groups is 1. The number of rotatable bonds is 4. The number of nitrogens with one attached hydrogen (secondary N) is 1. The van der Waals surface area contributed by atoms with E-state index in [0.29, 0.717) is 12.3 Å². The summed E-state index contributed by atoms with van der Waals surface area (Å²) < 4.78 is 6.33. The van der Waals surface area contributed by atoms with Crippen molar-refractivity contribution in [2.75, 3.05) is 7.11 Å². The predicted octanol–water partition coefficient (Wildman–Crippen LogP) is 0.719. The number of benzene rings is 1. The zero-order chi connectivity index (χ0) is 14.5. The van der Waals surface area contributed by atoms with E-state index in [1.807, 2.05) is 24.3 Å². The third-order valence-electron chi connectivity index (χ3n) is 2.83. The maximum absolute atomic E-state index is 12.0. The Labute approximate surface area is 116 Å². The summed E-state index contributed by atoms with van der Waals surface area (Å²) in [5, 5.41) is 6.63. The van der Waals surface area contributed by atoms with Gasteiger partial charge in [0.2, 0.25) is 0 Å². The molecule has 0 saturated carbocycles. The van der Waals surface area contributed by atoms with Gasteiger partial charge in [-0.1, -0.05) is 18.2 Å². The lowest BCUT2D eigenvalue weighted by molar-refractivity contribution is 0.0943. The molecule has 2 aromatic rings. The fraction of sp³-hybridized carbons (Fsp3) is 0.214. The summed E-state index contributed by atoms with van der Waals surface area (Å²) in [4.78, 5) is 23.2. The van der Waals surface area contributed by atoms with E-state index in [4.69, 9.17) is 4.74 Å². The molecule has 1 amide bonds. The van der Waals surface area contributed by atoms with Gasteiger partial charge in [-0.3, -0.25) is 9.59 Å². The van der Waals surface area contributed by atoms with Gasteiger partial charge in [0.15, 0.2) is 0 Å². The predicted molar refractivity (Wildman–Crippen MR) is 73.6 cm³/mol. The number of ether oxygens (including phenoxy) is 1. The lowest BCUT2D eigenvalue weighted by Gasteiger charge is -2.09. The molecule has 0 aliphatic rings. The quantitative estimate of drug-likeness (QED) is 0.890. The van der Waals surface area contributed by atoms with Crippen LogP contribution in [0, 0.1) is 0 Å². The van der Waals surface area contributed by atoms with Crippen molar-refractivity contribution in [2.45, 2.75) is 6.54 Å². The lowest BCUT2D eigenvalue weighted by Crippen LogP contribution is -2.28. The minimum atomic E-state index is -0.341. The molecule has 104 valence electrons. The van der Waals surface area contributed by atoms with Gasteiger partial charge < -0.3 is 10.1 Å². The minimum Gasteiger partial charge on any atom is -0.496 e. The van der Waals surface area contributed by atoms with Crippen LogP contribution in [0.4, 0.5) is 0 Å². The molecule has 6 nitrogen and oxygen atoms in total. The average molecular weight is 273 g/mol. The summed E-state index contributed by atoms with van der Waals surface area (Å²) in [5.41, 5.74) is 0.807. The van der Waals surface area contributed by atoms with Gasteiger partial charge in [-0.15, -0.1) is 0 Å². The molecule has 0 atom stereocenters. The molecular weight excluding hydrogens is 258 g/mol. The van der Waals surface area contributed by atoms with E-state index in [1.54, 1.807) is 7.11 Å². The topological polar surface area (TPSA) is 73.2 Å². The Balaban J connectivity index is 2.08. The van der Waals surface area contributed by atoms with Crippen LogP contribution < -0.4 is 15.6 Å². The number of aromatic nitrogens is 2. The van der Waals surface area contributed by atoms with Crippen molar-refractivity contribution in [3.05, 3.63) is 58.0 Å². The van der Waals surface area contributed by atoms with E-state index in [9.17, 15) is 9.59 Å². The van der Waals surface area contributed by atoms with Gasteiger partial charge in [-0.05, 0) is 12.1 Å². The summed E-state index contributed by atoms with van der Waals surface area (Å²) in [6, 6.07) is 10.1. The smallest absolute Gasteiger partial charge is 0.271 e. The first kappa shape index (κ1) is 13.8. The number of para-hydroxylation sites is 1. The Kier molecular flexibility index (Phi) is 4.14. The van der Waals surface area contributed by atoms with E-state index in [-0.39, 0.29) is 17.2 Å². The SMILES string of the molecule is COc1ccccc1CNC(=O)c1ccc(=O)n(C)n1. The van der Waals surface area contributed by atoms with Gasteiger partial charge in [0.25, 0.3) is 11.5 Å². The molecular formula is C14H15N3O3. The van der Waals surface area contributed by atoms with Crippen LogP contribution in [0.5, 0.6) is 5.75 Å². The molecule has 0 aliphatic carbocycles. The van der Waals surface area contributed by atoms with Gasteiger partial charge >= 0.3 is 0 Å². The molecule has 0 radical (unpaired) electrons. The van der Waals surface area contributed by atoms with Crippen LogP contribution in [0.25, 0.3) is 0 Å². The van der Waals surface area contributed by atoms with Crippen LogP contribution in [0.2, 0.25) is 0 Å². The highest BCUT2D eigenvalue weighted by Crippen LogP contribution is 2.16. The van der Waals surface area contributed by atoms with E-state index in [2.05, 4.69) is 10.4 Å². The summed E-state index contributed by atoms with van der Waals surface area (Å²) in [5.74, 6) is 0.368. The lowest BCUT2D eigenvalue weighted by atomic mass is 10.2. The van der Waals surface area contributed by atoms with Gasteiger partial charge in [-0.2, -0.15) is 5.10 Å². The van der Waals surface area contributed by atoms with Crippen LogP contribution in [0.3, 0.4) is 0 Å². The maximum atomic E-state index is 12.0. The monoisotopic (exact) mass is 273 g/mol. The first-order valence-corrected chi connectivity index (χ1v) is 6.06. The van der Waals surface area contributed by atoms with Crippen molar-refractivity contribution in [2.24, 2.45) is 7.05 Å². The molecule has 2 rings (SSSR count). The van der Waals surface area contributed by atoms with Gasteiger partial charge in [0.05, 0.1) is 7.11 Å². The van der Waals surface area contributed by atoms with Crippen molar-refractivity contribution in [1.82, 2.24) is 15.1 Å². The van der Waals surface area contributed by atoms with Crippen molar-refractivity contribution in [3.8, 4) is 5.75 Å². The van der Waals surface area contributed by atoms with Crippen molar-refractivity contribution >= 4 is 5.91 Å². The second-order valence-corrected chi connectivity index (χ2v) is 4.17. The van der Waals surface area contributed by atoms with E-state index >= 15 is 0 Å². The maximum Gasteiger partial charge on any atom is 0.271 e. The summed E-state index contributed by atoms with van der Waals surface area (Å²) in [6.07, 6.45) is 0. The average Bonchev–Trinajstić information content (AvgIpc) is 2.47. The number of aryl methyl sites for hydroxylation is 1. The number of hydrogen-bond acceptors (Lipinski definition) is 4. The van der Waals surface area contributed by atoms with Crippen molar-refractivity contribution < 1.29 is 9.53 Å². The molecule has 0 aliphatic heterocycles. The molecule has 0 saturated heterocycles. The fourth-order valence-corrected chi connectivity index (χ4v) is 1.74. The highest BCUT2D eigenvalue weighted by Gasteiger charge is 2.09. The molecule has 6 heteroatoms. The second kappa shape index (κ2) is 6.01. The number of nitrogens with zero attached hydrogens (tertiary/aromatic N) is 2. The Morgan fingerprint density at radius 3 is 2.75 bits per heavy atom. The summed E-state index contributed by atoms with van der Waals surface area (Å²) in [7, 11) is 3.08. The normalized spacial score (nSPS) is 10.1. The molecule has 20 heavy (non-hydrogen) atoms. The second-order valence-electron chi connectivity index (χ2n) is 4.17. The Morgan fingerprint density at radius 1 is 1.30 bits per heavy atom. The van der Waals surface area contributed by atoms with E-state index in [0.717, 1.165) is 10.2 Å². The van der Waals surface area contributed by atoms with Crippen molar-refractivity contribution in [3.63, 3.8) is 0 Å². The number of hydrogen-bond donors (Lipinski definition) is 1. The molecule has 0 bridgehead atoms. The Morgan fingerprint density at radius 2 is 2.05 bits per heavy atom. The first-order valence-electron chi connectivity index (χ1n) is 6.06. The molecule has 1 aromatic heterocycles. The summed E-state index contributed by atoms with van der Waals surface area (Å²) in [6.45, 7) is 0.327. The van der Waals surface area contributed by atoms with Crippen LogP contribution >= 0.6 is 0 Å². The highest BCUT2D eigenvalue weighted by atomic mass is 16.5. The first-order chi connectivity index (χ1) is 9.61. The third kappa shape index (κ3) is 3.03. The van der Waals surface area contributed by atoms with E-state index in [1.165, 1.54) is 19.2 Å². The molecule has 0 spiro atoms. The zero-order valence-electron chi connectivity index (χ0n) is 11.3. The highest BCUT2D eigenvalue weighted by molar-refractivity contribution is 5.91. The zero-order valence-corrected chi connectivity index (χ0v) is 11.3. The number of amides is 1. The van der Waals surface area contributed by atoms with Crippen LogP contribution in [0.1, 0.15) is 16.1 Å². The molecule has 0 unspecified atom stereocenters. The summed E-state index contributed by atoms with van der Waals surface area (Å²) >= 11 is 0. The Hall–Kier alpha value is -2.63. The Bertz CT molecular complexity index is 679. The van der Waals surface area contributed by atoms with Crippen LogP contribution in [0.15, 0.2) is 41.2 Å².